The van der Waals surface area contributed by atoms with Gasteiger partial charge >= 0.3 is 0 Å². The van der Waals surface area contributed by atoms with Gasteiger partial charge in [0.15, 0.2) is 0 Å². The molecule has 0 aromatic carbocycles. The van der Waals surface area contributed by atoms with Gasteiger partial charge in [0.2, 0.25) is 11.0 Å². The van der Waals surface area contributed by atoms with Crippen LogP contribution < -0.4 is 5.32 Å². The van der Waals surface area contributed by atoms with Crippen LogP contribution >= 0.6 is 22.7 Å². The maximum absolute atomic E-state index is 11.7. The van der Waals surface area contributed by atoms with Crippen LogP contribution in [-0.4, -0.2) is 16.1 Å². The average Bonchev–Trinajstić information content (AvgIpc) is 3.04. The molecule has 2 aromatic heterocycles. The first kappa shape index (κ1) is 13.9. The fourth-order valence-electron chi connectivity index (χ4n) is 1.43. The minimum atomic E-state index is -0.176. The molecule has 0 radical (unpaired) electrons. The standard InChI is InChI=1S/C13H15N3OS2/c1-3-9-5-6-10(18-9)7-8-11(17)14-13-16-15-12(4-2)19-13/h5-8H,3-4H2,1-2H3,(H,14,16,17)/b8-7+. The van der Waals surface area contributed by atoms with Crippen LogP contribution in [0.15, 0.2) is 18.2 Å². The monoisotopic (exact) mass is 293 g/mol. The molecule has 1 amide bonds. The summed E-state index contributed by atoms with van der Waals surface area (Å²) in [4.78, 5) is 14.1. The number of thiophene rings is 1. The molecule has 2 rings (SSSR count). The van der Waals surface area contributed by atoms with Gasteiger partial charge in [-0.05, 0) is 31.1 Å². The Hall–Kier alpha value is -1.53. The fraction of sp³-hybridized carbons (Fsp3) is 0.308. The number of amides is 1. The minimum absolute atomic E-state index is 0.176. The number of rotatable bonds is 5. The molecule has 0 unspecified atom stereocenters. The molecule has 0 saturated carbocycles. The molecule has 4 nitrogen and oxygen atoms in total. The summed E-state index contributed by atoms with van der Waals surface area (Å²) in [5.74, 6) is -0.176. The van der Waals surface area contributed by atoms with Crippen molar-refractivity contribution in [3.05, 3.63) is 33.0 Å². The van der Waals surface area contributed by atoms with Crippen molar-refractivity contribution in [3.63, 3.8) is 0 Å². The van der Waals surface area contributed by atoms with E-state index in [1.165, 1.54) is 22.3 Å². The second kappa shape index (κ2) is 6.58. The van der Waals surface area contributed by atoms with Gasteiger partial charge in [0, 0.05) is 15.8 Å². The van der Waals surface area contributed by atoms with Crippen molar-refractivity contribution in [3.8, 4) is 0 Å². The highest BCUT2D eigenvalue weighted by Crippen LogP contribution is 2.19. The molecule has 2 heterocycles. The summed E-state index contributed by atoms with van der Waals surface area (Å²) >= 11 is 3.10. The Labute approximate surface area is 120 Å². The molecule has 2 aromatic rings. The molecule has 0 atom stereocenters. The van der Waals surface area contributed by atoms with Crippen molar-refractivity contribution < 1.29 is 4.79 Å². The zero-order valence-corrected chi connectivity index (χ0v) is 12.5. The Bertz CT molecular complexity index is 586. The van der Waals surface area contributed by atoms with Gasteiger partial charge in [-0.1, -0.05) is 25.2 Å². The van der Waals surface area contributed by atoms with Crippen LogP contribution in [0.3, 0.4) is 0 Å². The summed E-state index contributed by atoms with van der Waals surface area (Å²) < 4.78 is 0. The van der Waals surface area contributed by atoms with Crippen LogP contribution in [0.1, 0.15) is 28.6 Å². The molecule has 6 heteroatoms. The molecule has 0 fully saturated rings. The van der Waals surface area contributed by atoms with Gasteiger partial charge < -0.3 is 0 Å². The number of nitrogens with zero attached hydrogens (tertiary/aromatic N) is 2. The molecule has 0 spiro atoms. The first-order valence-electron chi connectivity index (χ1n) is 6.11. The molecule has 0 aliphatic carbocycles. The molecule has 0 bridgehead atoms. The van der Waals surface area contributed by atoms with Gasteiger partial charge in [-0.2, -0.15) is 0 Å². The largest absolute Gasteiger partial charge is 0.297 e. The van der Waals surface area contributed by atoms with E-state index in [0.29, 0.717) is 5.13 Å². The van der Waals surface area contributed by atoms with E-state index in [2.05, 4.69) is 28.5 Å². The number of anilines is 1. The number of hydrogen-bond acceptors (Lipinski definition) is 5. The van der Waals surface area contributed by atoms with Crippen LogP contribution in [-0.2, 0) is 17.6 Å². The normalized spacial score (nSPS) is 11.1. The number of aromatic nitrogens is 2. The predicted molar refractivity (Wildman–Crippen MR) is 80.6 cm³/mol. The summed E-state index contributed by atoms with van der Waals surface area (Å²) in [6, 6.07) is 4.11. The second-order valence-electron chi connectivity index (χ2n) is 3.83. The highest BCUT2D eigenvalue weighted by atomic mass is 32.1. The predicted octanol–water partition coefficient (Wildman–Crippen LogP) is 3.38. The summed E-state index contributed by atoms with van der Waals surface area (Å²) in [7, 11) is 0. The van der Waals surface area contributed by atoms with Gasteiger partial charge in [0.05, 0.1) is 0 Å². The molecule has 1 N–H and O–H groups in total. The molecular weight excluding hydrogens is 278 g/mol. The van der Waals surface area contributed by atoms with Crippen LogP contribution in [0.25, 0.3) is 6.08 Å². The van der Waals surface area contributed by atoms with Gasteiger partial charge in [-0.15, -0.1) is 21.5 Å². The highest BCUT2D eigenvalue weighted by Gasteiger charge is 2.04. The van der Waals surface area contributed by atoms with Crippen molar-refractivity contribution in [2.75, 3.05) is 5.32 Å². The lowest BCUT2D eigenvalue weighted by Crippen LogP contribution is -2.07. The van der Waals surface area contributed by atoms with Crippen molar-refractivity contribution >= 4 is 39.8 Å². The zero-order chi connectivity index (χ0) is 13.7. The Kier molecular flexibility index (Phi) is 4.81. The van der Waals surface area contributed by atoms with Crippen LogP contribution in [0.4, 0.5) is 5.13 Å². The van der Waals surface area contributed by atoms with E-state index in [0.717, 1.165) is 22.7 Å². The number of aryl methyl sites for hydroxylation is 2. The van der Waals surface area contributed by atoms with Crippen molar-refractivity contribution in [2.24, 2.45) is 0 Å². The molecule has 19 heavy (non-hydrogen) atoms. The first-order chi connectivity index (χ1) is 9.21. The van der Waals surface area contributed by atoms with Crippen LogP contribution in [0.5, 0.6) is 0 Å². The van der Waals surface area contributed by atoms with Gasteiger partial charge in [0.25, 0.3) is 0 Å². The lowest BCUT2D eigenvalue weighted by molar-refractivity contribution is -0.111. The number of carbonyl (C=O) groups is 1. The molecular formula is C13H15N3OS2. The van der Waals surface area contributed by atoms with Crippen molar-refractivity contribution in [1.82, 2.24) is 10.2 Å². The van der Waals surface area contributed by atoms with E-state index < -0.39 is 0 Å². The Morgan fingerprint density at radius 3 is 2.74 bits per heavy atom. The summed E-state index contributed by atoms with van der Waals surface area (Å²) in [5, 5.41) is 12.0. The fourth-order valence-corrected chi connectivity index (χ4v) is 2.96. The molecule has 0 aliphatic heterocycles. The number of nitrogens with one attached hydrogen (secondary N) is 1. The lowest BCUT2D eigenvalue weighted by Gasteiger charge is -1.93. The maximum Gasteiger partial charge on any atom is 0.250 e. The lowest BCUT2D eigenvalue weighted by atomic mass is 10.3. The Morgan fingerprint density at radius 1 is 1.26 bits per heavy atom. The number of hydrogen-bond donors (Lipinski definition) is 1. The minimum Gasteiger partial charge on any atom is -0.297 e. The summed E-state index contributed by atoms with van der Waals surface area (Å²) in [5.41, 5.74) is 0. The highest BCUT2D eigenvalue weighted by molar-refractivity contribution is 7.15. The van der Waals surface area contributed by atoms with E-state index in [4.69, 9.17) is 0 Å². The van der Waals surface area contributed by atoms with E-state index >= 15 is 0 Å². The SMILES string of the molecule is CCc1ccc(/C=C/C(=O)Nc2nnc(CC)s2)s1. The van der Waals surface area contributed by atoms with E-state index in [1.54, 1.807) is 11.3 Å². The number of carbonyl (C=O) groups excluding carboxylic acids is 1. The third-order valence-electron chi connectivity index (χ3n) is 2.43. The van der Waals surface area contributed by atoms with Crippen molar-refractivity contribution in [2.45, 2.75) is 26.7 Å². The second-order valence-corrected chi connectivity index (χ2v) is 6.10. The Balaban J connectivity index is 1.93. The molecule has 0 aliphatic rings. The zero-order valence-electron chi connectivity index (χ0n) is 10.8. The molecule has 100 valence electrons. The van der Waals surface area contributed by atoms with Gasteiger partial charge in [0.1, 0.15) is 5.01 Å². The Morgan fingerprint density at radius 2 is 2.11 bits per heavy atom. The van der Waals surface area contributed by atoms with Crippen LogP contribution in [0, 0.1) is 0 Å². The van der Waals surface area contributed by atoms with E-state index in [9.17, 15) is 4.79 Å². The van der Waals surface area contributed by atoms with Crippen LogP contribution in [0.2, 0.25) is 0 Å². The summed E-state index contributed by atoms with van der Waals surface area (Å²) in [6.07, 6.45) is 5.20. The third-order valence-corrected chi connectivity index (χ3v) is 4.61. The smallest absolute Gasteiger partial charge is 0.250 e. The molecule has 0 saturated heterocycles. The van der Waals surface area contributed by atoms with Gasteiger partial charge in [-0.25, -0.2) is 0 Å². The first-order valence-corrected chi connectivity index (χ1v) is 7.74. The topological polar surface area (TPSA) is 54.9 Å². The van der Waals surface area contributed by atoms with Crippen molar-refractivity contribution in [1.29, 1.82) is 0 Å². The maximum atomic E-state index is 11.7. The van der Waals surface area contributed by atoms with Gasteiger partial charge in [-0.3, -0.25) is 10.1 Å². The van der Waals surface area contributed by atoms with E-state index in [1.807, 2.05) is 19.1 Å². The summed E-state index contributed by atoms with van der Waals surface area (Å²) in [6.45, 7) is 4.13. The average molecular weight is 293 g/mol. The third kappa shape index (κ3) is 3.97. The van der Waals surface area contributed by atoms with E-state index in [-0.39, 0.29) is 5.91 Å². The quantitative estimate of drug-likeness (QED) is 0.860.